The molecule has 0 aliphatic heterocycles. The number of carbonyl (C=O) groups excluding carboxylic acids is 1. The average Bonchev–Trinajstić information content (AvgIpc) is 2.37. The standard InChI is InChI=1S/C12H16N4O/c1-4-9(5-2)14-11-8-7-10(15-16-11)12(17)13-6-3/h1,7-9H,5-6H2,2-3H3,(H,13,17)(H,14,16). The maximum absolute atomic E-state index is 11.4. The van der Waals surface area contributed by atoms with Gasteiger partial charge in [0.25, 0.3) is 5.91 Å². The Morgan fingerprint density at radius 3 is 2.71 bits per heavy atom. The quantitative estimate of drug-likeness (QED) is 0.745. The molecule has 1 aromatic rings. The molecule has 1 aromatic heterocycles. The van der Waals surface area contributed by atoms with Gasteiger partial charge in [-0.2, -0.15) is 0 Å². The van der Waals surface area contributed by atoms with Crippen LogP contribution in [0.15, 0.2) is 12.1 Å². The number of hydrogen-bond acceptors (Lipinski definition) is 4. The minimum atomic E-state index is -0.226. The lowest BCUT2D eigenvalue weighted by molar-refractivity contribution is 0.0950. The monoisotopic (exact) mass is 232 g/mol. The number of hydrogen-bond donors (Lipinski definition) is 2. The molecular formula is C12H16N4O. The number of rotatable bonds is 5. The van der Waals surface area contributed by atoms with Gasteiger partial charge in [-0.15, -0.1) is 16.6 Å². The molecule has 0 spiro atoms. The van der Waals surface area contributed by atoms with Gasteiger partial charge in [0.15, 0.2) is 5.69 Å². The molecule has 0 bridgehead atoms. The average molecular weight is 232 g/mol. The fraction of sp³-hybridized carbons (Fsp3) is 0.417. The number of aromatic nitrogens is 2. The van der Waals surface area contributed by atoms with Gasteiger partial charge < -0.3 is 10.6 Å². The Kier molecular flexibility index (Phi) is 4.95. The summed E-state index contributed by atoms with van der Waals surface area (Å²) < 4.78 is 0. The van der Waals surface area contributed by atoms with Crippen LogP contribution in [-0.4, -0.2) is 28.7 Å². The second-order valence-corrected chi connectivity index (χ2v) is 3.44. The van der Waals surface area contributed by atoms with Crippen molar-refractivity contribution in [2.45, 2.75) is 26.3 Å². The molecule has 0 radical (unpaired) electrons. The van der Waals surface area contributed by atoms with Gasteiger partial charge in [0, 0.05) is 6.54 Å². The molecule has 17 heavy (non-hydrogen) atoms. The number of amides is 1. The first-order valence-electron chi connectivity index (χ1n) is 5.55. The molecule has 90 valence electrons. The Morgan fingerprint density at radius 2 is 2.24 bits per heavy atom. The van der Waals surface area contributed by atoms with Gasteiger partial charge >= 0.3 is 0 Å². The van der Waals surface area contributed by atoms with Crippen LogP contribution in [0.1, 0.15) is 30.8 Å². The third-order valence-electron chi connectivity index (χ3n) is 2.17. The Labute approximate surface area is 101 Å². The molecule has 2 N–H and O–H groups in total. The van der Waals surface area contributed by atoms with Crippen LogP contribution in [0.25, 0.3) is 0 Å². The van der Waals surface area contributed by atoms with Crippen molar-refractivity contribution in [1.82, 2.24) is 15.5 Å². The minimum absolute atomic E-state index is 0.0698. The van der Waals surface area contributed by atoms with E-state index in [1.807, 2.05) is 13.8 Å². The highest BCUT2D eigenvalue weighted by atomic mass is 16.1. The molecule has 1 atom stereocenters. The fourth-order valence-corrected chi connectivity index (χ4v) is 1.22. The van der Waals surface area contributed by atoms with Crippen LogP contribution in [0.2, 0.25) is 0 Å². The van der Waals surface area contributed by atoms with Gasteiger partial charge in [-0.05, 0) is 25.5 Å². The van der Waals surface area contributed by atoms with Crippen molar-refractivity contribution in [3.05, 3.63) is 17.8 Å². The van der Waals surface area contributed by atoms with E-state index in [4.69, 9.17) is 6.42 Å². The summed E-state index contributed by atoms with van der Waals surface area (Å²) in [5.74, 6) is 2.95. The van der Waals surface area contributed by atoms with Crippen LogP contribution in [0, 0.1) is 12.3 Å². The van der Waals surface area contributed by atoms with Crippen LogP contribution in [-0.2, 0) is 0 Å². The smallest absolute Gasteiger partial charge is 0.271 e. The van der Waals surface area contributed by atoms with E-state index in [-0.39, 0.29) is 11.9 Å². The molecule has 0 saturated carbocycles. The summed E-state index contributed by atoms with van der Waals surface area (Å²) in [7, 11) is 0. The van der Waals surface area contributed by atoms with Crippen molar-refractivity contribution in [2.75, 3.05) is 11.9 Å². The van der Waals surface area contributed by atoms with Crippen molar-refractivity contribution >= 4 is 11.7 Å². The summed E-state index contributed by atoms with van der Waals surface area (Å²) >= 11 is 0. The zero-order valence-electron chi connectivity index (χ0n) is 10.0. The highest BCUT2D eigenvalue weighted by molar-refractivity contribution is 5.92. The number of nitrogens with zero attached hydrogens (tertiary/aromatic N) is 2. The summed E-state index contributed by atoms with van der Waals surface area (Å²) in [6.07, 6.45) is 6.13. The van der Waals surface area contributed by atoms with Gasteiger partial charge in [-0.25, -0.2) is 0 Å². The largest absolute Gasteiger partial charge is 0.355 e. The van der Waals surface area contributed by atoms with E-state index in [0.717, 1.165) is 6.42 Å². The second-order valence-electron chi connectivity index (χ2n) is 3.44. The number of nitrogens with one attached hydrogen (secondary N) is 2. The summed E-state index contributed by atoms with van der Waals surface area (Å²) in [6.45, 7) is 4.39. The van der Waals surface area contributed by atoms with Crippen molar-refractivity contribution in [3.8, 4) is 12.3 Å². The second kappa shape index (κ2) is 6.48. The molecule has 1 unspecified atom stereocenters. The van der Waals surface area contributed by atoms with Crippen LogP contribution in [0.3, 0.4) is 0 Å². The predicted molar refractivity (Wildman–Crippen MR) is 66.6 cm³/mol. The van der Waals surface area contributed by atoms with E-state index >= 15 is 0 Å². The highest BCUT2D eigenvalue weighted by Crippen LogP contribution is 2.05. The highest BCUT2D eigenvalue weighted by Gasteiger charge is 2.07. The summed E-state index contributed by atoms with van der Waals surface area (Å²) in [6, 6.07) is 3.24. The summed E-state index contributed by atoms with van der Waals surface area (Å²) in [5, 5.41) is 13.4. The van der Waals surface area contributed by atoms with Crippen LogP contribution in [0.4, 0.5) is 5.82 Å². The summed E-state index contributed by atoms with van der Waals surface area (Å²) in [5.41, 5.74) is 0.297. The van der Waals surface area contributed by atoms with Crippen LogP contribution < -0.4 is 10.6 Å². The molecule has 0 aliphatic rings. The van der Waals surface area contributed by atoms with Crippen LogP contribution >= 0.6 is 0 Å². The van der Waals surface area contributed by atoms with Crippen molar-refractivity contribution < 1.29 is 4.79 Å². The first-order valence-corrected chi connectivity index (χ1v) is 5.55. The first-order chi connectivity index (χ1) is 8.21. The lowest BCUT2D eigenvalue weighted by Crippen LogP contribution is -2.24. The fourth-order valence-electron chi connectivity index (χ4n) is 1.22. The predicted octanol–water partition coefficient (Wildman–Crippen LogP) is 1.05. The van der Waals surface area contributed by atoms with Crippen molar-refractivity contribution in [3.63, 3.8) is 0 Å². The molecule has 5 heteroatoms. The van der Waals surface area contributed by atoms with Crippen molar-refractivity contribution in [2.24, 2.45) is 0 Å². The van der Waals surface area contributed by atoms with Gasteiger partial charge in [0.1, 0.15) is 5.82 Å². The molecule has 0 fully saturated rings. The maximum atomic E-state index is 11.4. The molecule has 0 aromatic carbocycles. The maximum Gasteiger partial charge on any atom is 0.271 e. The zero-order chi connectivity index (χ0) is 12.7. The molecule has 5 nitrogen and oxygen atoms in total. The third kappa shape index (κ3) is 3.76. The normalized spacial score (nSPS) is 11.4. The molecule has 0 aliphatic carbocycles. The Morgan fingerprint density at radius 1 is 1.47 bits per heavy atom. The Bertz CT molecular complexity index is 408. The van der Waals surface area contributed by atoms with Gasteiger partial charge in [0.05, 0.1) is 6.04 Å². The van der Waals surface area contributed by atoms with Gasteiger partial charge in [-0.3, -0.25) is 4.79 Å². The molecule has 1 heterocycles. The third-order valence-corrected chi connectivity index (χ3v) is 2.17. The van der Waals surface area contributed by atoms with E-state index < -0.39 is 0 Å². The van der Waals surface area contributed by atoms with Gasteiger partial charge in [-0.1, -0.05) is 12.8 Å². The van der Waals surface area contributed by atoms with E-state index in [1.54, 1.807) is 12.1 Å². The van der Waals surface area contributed by atoms with E-state index in [2.05, 4.69) is 26.8 Å². The lowest BCUT2D eigenvalue weighted by atomic mass is 10.2. The SMILES string of the molecule is C#CC(CC)Nc1ccc(C(=O)NCC)nn1. The molecular weight excluding hydrogens is 216 g/mol. The number of terminal acetylenes is 1. The molecule has 0 saturated heterocycles. The zero-order valence-corrected chi connectivity index (χ0v) is 10.0. The minimum Gasteiger partial charge on any atom is -0.355 e. The Hall–Kier alpha value is -2.09. The van der Waals surface area contributed by atoms with Crippen LogP contribution in [0.5, 0.6) is 0 Å². The number of carbonyl (C=O) groups is 1. The Balaban J connectivity index is 2.68. The molecule has 1 amide bonds. The van der Waals surface area contributed by atoms with E-state index in [0.29, 0.717) is 18.1 Å². The summed E-state index contributed by atoms with van der Waals surface area (Å²) in [4.78, 5) is 11.4. The molecule has 1 rings (SSSR count). The topological polar surface area (TPSA) is 66.9 Å². The first kappa shape index (κ1) is 13.0. The van der Waals surface area contributed by atoms with E-state index in [9.17, 15) is 4.79 Å². The van der Waals surface area contributed by atoms with E-state index in [1.165, 1.54) is 0 Å². The lowest BCUT2D eigenvalue weighted by Gasteiger charge is -2.10. The number of anilines is 1. The van der Waals surface area contributed by atoms with Crippen molar-refractivity contribution in [1.29, 1.82) is 0 Å². The van der Waals surface area contributed by atoms with Gasteiger partial charge in [0.2, 0.25) is 0 Å².